The van der Waals surface area contributed by atoms with Gasteiger partial charge >= 0.3 is 0 Å². The maximum atomic E-state index is 5.34. The van der Waals surface area contributed by atoms with E-state index in [4.69, 9.17) is 14.2 Å². The van der Waals surface area contributed by atoms with Gasteiger partial charge in [0.25, 0.3) is 0 Å². The topological polar surface area (TPSA) is 43.5 Å². The molecule has 1 aromatic heterocycles. The van der Waals surface area contributed by atoms with Crippen molar-refractivity contribution in [1.29, 1.82) is 0 Å². The smallest absolute Gasteiger partial charge is 0.203 e. The average Bonchev–Trinajstić information content (AvgIpc) is 3.06. The lowest BCUT2D eigenvalue weighted by atomic mass is 10.1. The van der Waals surface area contributed by atoms with E-state index in [0.29, 0.717) is 17.2 Å². The maximum Gasteiger partial charge on any atom is 0.203 e. The highest BCUT2D eigenvalue weighted by Crippen LogP contribution is 2.37. The zero-order valence-corrected chi connectivity index (χ0v) is 13.3. The molecular formula is C19H17NO3. The summed E-state index contributed by atoms with van der Waals surface area (Å²) < 4.78 is 16.0. The van der Waals surface area contributed by atoms with Gasteiger partial charge in [0.1, 0.15) is 0 Å². The fourth-order valence-corrected chi connectivity index (χ4v) is 2.43. The molecule has 0 atom stereocenters. The Bertz CT molecular complexity index is 875. The zero-order valence-electron chi connectivity index (χ0n) is 13.3. The molecule has 4 nitrogen and oxygen atoms in total. The van der Waals surface area contributed by atoms with Crippen molar-refractivity contribution in [3.63, 3.8) is 0 Å². The highest BCUT2D eigenvalue weighted by Gasteiger charge is 2.12. The Hall–Kier alpha value is -3.06. The van der Waals surface area contributed by atoms with Crippen LogP contribution < -0.4 is 14.2 Å². The summed E-state index contributed by atoms with van der Waals surface area (Å²) in [5, 5.41) is 1.14. The third-order valence-electron chi connectivity index (χ3n) is 3.57. The fourth-order valence-electron chi connectivity index (χ4n) is 2.43. The molecule has 116 valence electrons. The van der Waals surface area contributed by atoms with Crippen molar-refractivity contribution in [2.75, 3.05) is 21.3 Å². The van der Waals surface area contributed by atoms with Gasteiger partial charge in [0, 0.05) is 28.2 Å². The van der Waals surface area contributed by atoms with Gasteiger partial charge < -0.3 is 19.2 Å². The van der Waals surface area contributed by atoms with Crippen LogP contribution in [0.4, 0.5) is 0 Å². The van der Waals surface area contributed by atoms with Gasteiger partial charge in [0.2, 0.25) is 5.75 Å². The number of fused-ring (bicyclic) bond motifs is 1. The van der Waals surface area contributed by atoms with Crippen LogP contribution in [0.5, 0.6) is 17.2 Å². The van der Waals surface area contributed by atoms with Gasteiger partial charge in [-0.1, -0.05) is 11.8 Å². The predicted molar refractivity (Wildman–Crippen MR) is 90.4 cm³/mol. The number of rotatable bonds is 3. The molecular weight excluding hydrogens is 290 g/mol. The molecule has 0 aliphatic carbocycles. The van der Waals surface area contributed by atoms with E-state index in [9.17, 15) is 0 Å². The normalized spacial score (nSPS) is 10.0. The second-order valence-corrected chi connectivity index (χ2v) is 4.94. The summed E-state index contributed by atoms with van der Waals surface area (Å²) in [7, 11) is 4.76. The van der Waals surface area contributed by atoms with Crippen LogP contribution in [0.1, 0.15) is 11.1 Å². The number of H-pyrrole nitrogens is 1. The maximum absolute atomic E-state index is 5.34. The highest BCUT2D eigenvalue weighted by molar-refractivity contribution is 5.80. The van der Waals surface area contributed by atoms with Crippen molar-refractivity contribution in [1.82, 2.24) is 4.98 Å². The Labute approximate surface area is 135 Å². The first-order valence-corrected chi connectivity index (χ1v) is 7.14. The monoisotopic (exact) mass is 307 g/mol. The number of aromatic amines is 1. The van der Waals surface area contributed by atoms with Crippen molar-refractivity contribution >= 4 is 10.9 Å². The first-order valence-electron chi connectivity index (χ1n) is 7.14. The number of methoxy groups -OCH3 is 3. The standard InChI is InChI=1S/C19H17NO3/c1-21-17-11-14(12-18(22-2)19(17)23-3)5-4-13-6-7-16-15(10-13)8-9-20-16/h6-12,20H,1-3H3. The molecule has 0 aliphatic heterocycles. The van der Waals surface area contributed by atoms with E-state index in [0.717, 1.165) is 22.0 Å². The predicted octanol–water partition coefficient (Wildman–Crippen LogP) is 3.59. The van der Waals surface area contributed by atoms with E-state index in [1.165, 1.54) is 0 Å². The average molecular weight is 307 g/mol. The SMILES string of the molecule is COc1cc(C#Cc2ccc3[nH]ccc3c2)cc(OC)c1OC. The lowest BCUT2D eigenvalue weighted by molar-refractivity contribution is 0.324. The molecule has 0 unspecified atom stereocenters. The van der Waals surface area contributed by atoms with Gasteiger partial charge in [0.05, 0.1) is 21.3 Å². The van der Waals surface area contributed by atoms with Crippen LogP contribution in [0, 0.1) is 11.8 Å². The molecule has 0 saturated carbocycles. The van der Waals surface area contributed by atoms with Crippen LogP contribution in [0.15, 0.2) is 42.6 Å². The Morgan fingerprint density at radius 1 is 0.783 bits per heavy atom. The van der Waals surface area contributed by atoms with E-state index in [1.54, 1.807) is 21.3 Å². The molecule has 0 spiro atoms. The van der Waals surface area contributed by atoms with Gasteiger partial charge in [-0.2, -0.15) is 0 Å². The Morgan fingerprint density at radius 3 is 2.13 bits per heavy atom. The molecule has 0 aliphatic rings. The molecule has 0 saturated heterocycles. The van der Waals surface area contributed by atoms with E-state index in [1.807, 2.05) is 36.5 Å². The number of hydrogen-bond acceptors (Lipinski definition) is 3. The van der Waals surface area contributed by atoms with Crippen LogP contribution in [-0.4, -0.2) is 26.3 Å². The largest absolute Gasteiger partial charge is 0.493 e. The summed E-state index contributed by atoms with van der Waals surface area (Å²) in [6, 6.07) is 11.8. The van der Waals surface area contributed by atoms with E-state index in [2.05, 4.69) is 22.9 Å². The molecule has 0 fully saturated rings. The van der Waals surface area contributed by atoms with Gasteiger partial charge in [-0.3, -0.25) is 0 Å². The van der Waals surface area contributed by atoms with Crippen molar-refractivity contribution in [3.05, 3.63) is 53.7 Å². The molecule has 23 heavy (non-hydrogen) atoms. The second-order valence-electron chi connectivity index (χ2n) is 4.94. The quantitative estimate of drug-likeness (QED) is 0.752. The van der Waals surface area contributed by atoms with Crippen molar-refractivity contribution in [3.8, 4) is 29.1 Å². The summed E-state index contributed by atoms with van der Waals surface area (Å²) in [5.41, 5.74) is 2.85. The van der Waals surface area contributed by atoms with Gasteiger partial charge in [-0.15, -0.1) is 0 Å². The summed E-state index contributed by atoms with van der Waals surface area (Å²) in [4.78, 5) is 3.17. The second kappa shape index (κ2) is 6.37. The lowest BCUT2D eigenvalue weighted by Crippen LogP contribution is -1.95. The Morgan fingerprint density at radius 2 is 1.48 bits per heavy atom. The Kier molecular flexibility index (Phi) is 4.11. The van der Waals surface area contributed by atoms with Crippen LogP contribution >= 0.6 is 0 Å². The number of nitrogens with one attached hydrogen (secondary N) is 1. The third kappa shape index (κ3) is 2.95. The molecule has 4 heteroatoms. The number of ether oxygens (including phenoxy) is 3. The molecule has 1 N–H and O–H groups in total. The summed E-state index contributed by atoms with van der Waals surface area (Å²) >= 11 is 0. The fraction of sp³-hybridized carbons (Fsp3) is 0.158. The molecule has 3 aromatic rings. The number of hydrogen-bond donors (Lipinski definition) is 1. The van der Waals surface area contributed by atoms with Crippen molar-refractivity contribution < 1.29 is 14.2 Å². The van der Waals surface area contributed by atoms with E-state index >= 15 is 0 Å². The van der Waals surface area contributed by atoms with E-state index in [-0.39, 0.29) is 0 Å². The van der Waals surface area contributed by atoms with Crippen molar-refractivity contribution in [2.24, 2.45) is 0 Å². The summed E-state index contributed by atoms with van der Waals surface area (Å²) in [6.07, 6.45) is 1.92. The zero-order chi connectivity index (χ0) is 16.2. The molecule has 3 rings (SSSR count). The van der Waals surface area contributed by atoms with Gasteiger partial charge in [0.15, 0.2) is 11.5 Å². The van der Waals surface area contributed by atoms with Crippen LogP contribution in [0.3, 0.4) is 0 Å². The number of benzene rings is 2. The van der Waals surface area contributed by atoms with Crippen LogP contribution in [-0.2, 0) is 0 Å². The van der Waals surface area contributed by atoms with Gasteiger partial charge in [-0.05, 0) is 36.4 Å². The third-order valence-corrected chi connectivity index (χ3v) is 3.57. The molecule has 0 amide bonds. The molecule has 1 heterocycles. The van der Waals surface area contributed by atoms with Crippen molar-refractivity contribution in [2.45, 2.75) is 0 Å². The highest BCUT2D eigenvalue weighted by atomic mass is 16.5. The van der Waals surface area contributed by atoms with Crippen LogP contribution in [0.25, 0.3) is 10.9 Å². The molecule has 0 radical (unpaired) electrons. The number of aromatic nitrogens is 1. The van der Waals surface area contributed by atoms with Crippen LogP contribution in [0.2, 0.25) is 0 Å². The molecule has 0 bridgehead atoms. The summed E-state index contributed by atoms with van der Waals surface area (Å²) in [6.45, 7) is 0. The Balaban J connectivity index is 1.99. The summed E-state index contributed by atoms with van der Waals surface area (Å²) in [5.74, 6) is 8.06. The van der Waals surface area contributed by atoms with Gasteiger partial charge in [-0.25, -0.2) is 0 Å². The first kappa shape index (κ1) is 14.9. The molecule has 2 aromatic carbocycles. The first-order chi connectivity index (χ1) is 11.2. The van der Waals surface area contributed by atoms with E-state index < -0.39 is 0 Å². The minimum atomic E-state index is 0.564. The minimum absolute atomic E-state index is 0.564. The minimum Gasteiger partial charge on any atom is -0.493 e. The lowest BCUT2D eigenvalue weighted by Gasteiger charge is -2.12.